The topological polar surface area (TPSA) is 84.4 Å². The van der Waals surface area contributed by atoms with E-state index in [4.69, 9.17) is 16.6 Å². The van der Waals surface area contributed by atoms with E-state index in [9.17, 15) is 10.1 Å². The normalized spacial score (nSPS) is 17.9. The van der Waals surface area contributed by atoms with E-state index in [2.05, 4.69) is 10.3 Å². The molecule has 7 nitrogen and oxygen atoms in total. The van der Waals surface area contributed by atoms with Gasteiger partial charge in [-0.2, -0.15) is 0 Å². The van der Waals surface area contributed by atoms with E-state index in [0.717, 1.165) is 16.9 Å². The summed E-state index contributed by atoms with van der Waals surface area (Å²) in [5.74, 6) is 1.34. The number of furan rings is 1. The molecule has 0 radical (unpaired) electrons. The van der Waals surface area contributed by atoms with Crippen LogP contribution in [0.1, 0.15) is 23.5 Å². The molecule has 0 aliphatic carbocycles. The Morgan fingerprint density at radius 2 is 1.72 bits per heavy atom. The molecule has 158 valence electrons. The van der Waals surface area contributed by atoms with Crippen molar-refractivity contribution in [3.63, 3.8) is 0 Å². The summed E-state index contributed by atoms with van der Waals surface area (Å²) in [6, 6.07) is 25.3. The summed E-state index contributed by atoms with van der Waals surface area (Å²) in [7, 11) is 0. The van der Waals surface area contributed by atoms with Gasteiger partial charge in [0.25, 0.3) is 5.69 Å². The highest BCUT2D eigenvalue weighted by atomic mass is 32.1. The number of nitro groups is 1. The minimum absolute atomic E-state index is 0.0383. The molecule has 32 heavy (non-hydrogen) atoms. The first-order valence-electron chi connectivity index (χ1n) is 10.0. The second-order valence-electron chi connectivity index (χ2n) is 7.34. The van der Waals surface area contributed by atoms with Crippen LogP contribution < -0.4 is 10.2 Å². The van der Waals surface area contributed by atoms with Crippen molar-refractivity contribution in [2.24, 2.45) is 0 Å². The molecule has 4 aromatic rings. The Bertz CT molecular complexity index is 1260. The summed E-state index contributed by atoms with van der Waals surface area (Å²) >= 11 is 5.70. The van der Waals surface area contributed by atoms with E-state index in [0.29, 0.717) is 16.6 Å². The third-order valence-corrected chi connectivity index (χ3v) is 5.73. The Morgan fingerprint density at radius 3 is 2.41 bits per heavy atom. The maximum atomic E-state index is 11.0. The van der Waals surface area contributed by atoms with Crippen LogP contribution in [0.2, 0.25) is 0 Å². The zero-order chi connectivity index (χ0) is 22.1. The van der Waals surface area contributed by atoms with Gasteiger partial charge in [-0.25, -0.2) is 0 Å². The largest absolute Gasteiger partial charge is 0.459 e. The monoisotopic (exact) mass is 442 g/mol. The molecule has 2 aromatic heterocycles. The van der Waals surface area contributed by atoms with Crippen LogP contribution in [0, 0.1) is 10.1 Å². The first kappa shape index (κ1) is 19.9. The van der Waals surface area contributed by atoms with Crippen LogP contribution in [0.4, 0.5) is 11.4 Å². The molecule has 5 rings (SSSR count). The van der Waals surface area contributed by atoms with Gasteiger partial charge in [-0.1, -0.05) is 24.3 Å². The Hall–Kier alpha value is -4.04. The first-order valence-corrected chi connectivity index (χ1v) is 10.4. The van der Waals surface area contributed by atoms with Crippen molar-refractivity contribution in [1.29, 1.82) is 0 Å². The molecular weight excluding hydrogens is 424 g/mol. The third-order valence-electron chi connectivity index (χ3n) is 5.41. The second kappa shape index (κ2) is 8.24. The van der Waals surface area contributed by atoms with Crippen molar-refractivity contribution in [2.45, 2.75) is 12.1 Å². The summed E-state index contributed by atoms with van der Waals surface area (Å²) in [6.07, 6.45) is 1.76. The fraction of sp³-hybridized carbons (Fsp3) is 0.0833. The molecule has 1 aliphatic rings. The maximum Gasteiger partial charge on any atom is 0.269 e. The Labute approximate surface area is 189 Å². The molecular formula is C24H18N4O3S. The van der Waals surface area contributed by atoms with Gasteiger partial charge in [-0.05, 0) is 60.7 Å². The average Bonchev–Trinajstić information content (AvgIpc) is 3.45. The molecule has 1 N–H and O–H groups in total. The zero-order valence-electron chi connectivity index (χ0n) is 16.8. The zero-order valence-corrected chi connectivity index (χ0v) is 17.6. The van der Waals surface area contributed by atoms with Crippen LogP contribution in [0.5, 0.6) is 0 Å². The number of nitro benzene ring substituents is 1. The van der Waals surface area contributed by atoms with E-state index in [1.165, 1.54) is 12.1 Å². The number of non-ortho nitro benzene ring substituents is 1. The average molecular weight is 443 g/mol. The van der Waals surface area contributed by atoms with Crippen LogP contribution in [-0.2, 0) is 0 Å². The predicted octanol–water partition coefficient (Wildman–Crippen LogP) is 5.43. The molecule has 1 aliphatic heterocycles. The van der Waals surface area contributed by atoms with Crippen molar-refractivity contribution >= 4 is 28.7 Å². The molecule has 8 heteroatoms. The van der Waals surface area contributed by atoms with Crippen LogP contribution >= 0.6 is 12.2 Å². The van der Waals surface area contributed by atoms with Crippen LogP contribution in [0.15, 0.2) is 95.5 Å². The predicted molar refractivity (Wildman–Crippen MR) is 125 cm³/mol. The molecule has 2 atom stereocenters. The molecule has 0 saturated carbocycles. The number of thiocarbonyl (C=S) groups is 1. The number of aromatic nitrogens is 1. The summed E-state index contributed by atoms with van der Waals surface area (Å²) in [5.41, 5.74) is 2.60. The van der Waals surface area contributed by atoms with Gasteiger partial charge in [-0.3, -0.25) is 15.1 Å². The van der Waals surface area contributed by atoms with Gasteiger partial charge in [-0.15, -0.1) is 0 Å². The van der Waals surface area contributed by atoms with E-state index in [1.54, 1.807) is 18.3 Å². The quantitative estimate of drug-likeness (QED) is 0.251. The number of hydrogen-bond acceptors (Lipinski definition) is 5. The van der Waals surface area contributed by atoms with Crippen molar-refractivity contribution in [3.8, 4) is 11.3 Å². The fourth-order valence-corrected chi connectivity index (χ4v) is 4.27. The number of rotatable bonds is 5. The van der Waals surface area contributed by atoms with Gasteiger partial charge in [0, 0.05) is 29.6 Å². The maximum absolute atomic E-state index is 11.0. The SMILES string of the molecule is O=[N+]([O-])c1ccc(-c2ccc([C@H]3[C@H](c4ccccn4)NC(=S)N3c3ccccc3)o2)cc1. The van der Waals surface area contributed by atoms with E-state index >= 15 is 0 Å². The minimum atomic E-state index is -0.419. The molecule has 1 saturated heterocycles. The highest BCUT2D eigenvalue weighted by molar-refractivity contribution is 7.80. The van der Waals surface area contributed by atoms with Gasteiger partial charge in [0.15, 0.2) is 5.11 Å². The van der Waals surface area contributed by atoms with Gasteiger partial charge >= 0.3 is 0 Å². The van der Waals surface area contributed by atoms with Gasteiger partial charge in [0.2, 0.25) is 0 Å². The lowest BCUT2D eigenvalue weighted by Gasteiger charge is -2.26. The summed E-state index contributed by atoms with van der Waals surface area (Å²) in [4.78, 5) is 17.1. The smallest absolute Gasteiger partial charge is 0.269 e. The minimum Gasteiger partial charge on any atom is -0.459 e. The van der Waals surface area contributed by atoms with Gasteiger partial charge in [0.05, 0.1) is 16.7 Å². The lowest BCUT2D eigenvalue weighted by atomic mass is 10.0. The fourth-order valence-electron chi connectivity index (χ4n) is 3.92. The number of anilines is 1. The molecule has 1 fully saturated rings. The van der Waals surface area contributed by atoms with Crippen molar-refractivity contribution in [2.75, 3.05) is 4.90 Å². The lowest BCUT2D eigenvalue weighted by Crippen LogP contribution is -2.29. The van der Waals surface area contributed by atoms with Gasteiger partial charge < -0.3 is 14.6 Å². The summed E-state index contributed by atoms with van der Waals surface area (Å²) in [5, 5.41) is 14.9. The van der Waals surface area contributed by atoms with Crippen LogP contribution in [0.3, 0.4) is 0 Å². The molecule has 3 heterocycles. The number of benzene rings is 2. The molecule has 0 unspecified atom stereocenters. The number of nitrogens with zero attached hydrogens (tertiary/aromatic N) is 3. The molecule has 2 aromatic carbocycles. The van der Waals surface area contributed by atoms with Crippen LogP contribution in [0.25, 0.3) is 11.3 Å². The van der Waals surface area contributed by atoms with Crippen molar-refractivity contribution in [3.05, 3.63) is 113 Å². The second-order valence-corrected chi connectivity index (χ2v) is 7.72. The highest BCUT2D eigenvalue weighted by Crippen LogP contribution is 2.42. The van der Waals surface area contributed by atoms with Crippen LogP contribution in [-0.4, -0.2) is 15.0 Å². The number of pyridine rings is 1. The number of para-hydroxylation sites is 1. The number of hydrogen-bond donors (Lipinski definition) is 1. The summed E-state index contributed by atoms with van der Waals surface area (Å²) in [6.45, 7) is 0. The standard InChI is InChI=1S/C24H18N4O3S/c29-28(30)18-11-9-16(10-12-18)20-13-14-21(31-20)23-22(19-8-4-5-15-25-19)26-24(32)27(23)17-6-2-1-3-7-17/h1-15,22-23H,(H,26,32)/t22-,23-/m0/s1. The molecule has 0 bridgehead atoms. The first-order chi connectivity index (χ1) is 15.6. The Balaban J connectivity index is 1.56. The highest BCUT2D eigenvalue weighted by Gasteiger charge is 2.42. The Kier molecular flexibility index (Phi) is 5.12. The van der Waals surface area contributed by atoms with E-state index in [1.807, 2.05) is 65.6 Å². The van der Waals surface area contributed by atoms with E-state index < -0.39 is 4.92 Å². The number of nitrogens with one attached hydrogen (secondary N) is 1. The third kappa shape index (κ3) is 3.61. The van der Waals surface area contributed by atoms with Crippen molar-refractivity contribution in [1.82, 2.24) is 10.3 Å². The van der Waals surface area contributed by atoms with Crippen molar-refractivity contribution < 1.29 is 9.34 Å². The molecule has 0 spiro atoms. The summed E-state index contributed by atoms with van der Waals surface area (Å²) < 4.78 is 6.27. The van der Waals surface area contributed by atoms with Gasteiger partial charge in [0.1, 0.15) is 17.6 Å². The van der Waals surface area contributed by atoms with E-state index in [-0.39, 0.29) is 17.8 Å². The molecule has 0 amide bonds. The lowest BCUT2D eigenvalue weighted by molar-refractivity contribution is -0.384. The Morgan fingerprint density at radius 1 is 0.969 bits per heavy atom.